The molecular formula is C26H29N5O. The number of carbonyl (C=O) groups is 1. The summed E-state index contributed by atoms with van der Waals surface area (Å²) in [5, 5.41) is 7.99. The molecule has 32 heavy (non-hydrogen) atoms. The minimum atomic E-state index is 0.0788. The summed E-state index contributed by atoms with van der Waals surface area (Å²) in [7, 11) is 1.94. The summed E-state index contributed by atoms with van der Waals surface area (Å²) in [5.74, 6) is 6.08. The Bertz CT molecular complexity index is 1170. The van der Waals surface area contributed by atoms with E-state index in [1.54, 1.807) is 6.20 Å². The summed E-state index contributed by atoms with van der Waals surface area (Å²) >= 11 is 0. The molecule has 0 fully saturated rings. The molecule has 6 nitrogen and oxygen atoms in total. The van der Waals surface area contributed by atoms with Crippen LogP contribution in [0.5, 0.6) is 0 Å². The quantitative estimate of drug-likeness (QED) is 0.615. The number of hydrogen-bond donors (Lipinski definition) is 2. The number of aryl methyl sites for hydroxylation is 1. The molecule has 0 spiro atoms. The van der Waals surface area contributed by atoms with E-state index < -0.39 is 0 Å². The van der Waals surface area contributed by atoms with Crippen LogP contribution in [0.15, 0.2) is 54.7 Å². The number of fused-ring (bicyclic) bond motifs is 1. The molecule has 0 radical (unpaired) electrons. The highest BCUT2D eigenvalue weighted by Gasteiger charge is 2.33. The molecular weight excluding hydrogens is 398 g/mol. The number of amides is 1. The van der Waals surface area contributed by atoms with Gasteiger partial charge >= 0.3 is 0 Å². The number of benzene rings is 2. The maximum atomic E-state index is 12.8. The van der Waals surface area contributed by atoms with E-state index in [-0.39, 0.29) is 18.0 Å². The molecule has 0 saturated heterocycles. The van der Waals surface area contributed by atoms with Gasteiger partial charge in [-0.1, -0.05) is 24.8 Å². The number of carbonyl (C=O) groups excluding carboxylic acids is 1. The van der Waals surface area contributed by atoms with Gasteiger partial charge in [0.05, 0.1) is 18.3 Å². The zero-order chi connectivity index (χ0) is 22.7. The van der Waals surface area contributed by atoms with Crippen molar-refractivity contribution in [3.05, 3.63) is 65.9 Å². The van der Waals surface area contributed by atoms with Gasteiger partial charge in [0, 0.05) is 48.2 Å². The molecule has 1 aliphatic heterocycles. The Balaban J connectivity index is 1.72. The van der Waals surface area contributed by atoms with E-state index in [0.717, 1.165) is 40.2 Å². The highest BCUT2D eigenvalue weighted by atomic mass is 16.2. The first-order chi connectivity index (χ1) is 15.5. The van der Waals surface area contributed by atoms with E-state index in [9.17, 15) is 4.79 Å². The van der Waals surface area contributed by atoms with E-state index in [1.165, 1.54) is 0 Å². The molecule has 0 unspecified atom stereocenters. The lowest BCUT2D eigenvalue weighted by molar-refractivity contribution is -0.118. The molecule has 1 aromatic heterocycles. The van der Waals surface area contributed by atoms with Crippen LogP contribution in [0.3, 0.4) is 0 Å². The molecule has 2 atom stereocenters. The van der Waals surface area contributed by atoms with Gasteiger partial charge in [-0.05, 0) is 61.4 Å². The van der Waals surface area contributed by atoms with Crippen LogP contribution in [0.25, 0.3) is 11.3 Å². The largest absolute Gasteiger partial charge is 0.378 e. The Morgan fingerprint density at radius 1 is 1.22 bits per heavy atom. The molecule has 6 heteroatoms. The van der Waals surface area contributed by atoms with Gasteiger partial charge in [0.1, 0.15) is 0 Å². The minimum absolute atomic E-state index is 0.0788. The minimum Gasteiger partial charge on any atom is -0.378 e. The van der Waals surface area contributed by atoms with Crippen LogP contribution in [-0.4, -0.2) is 28.3 Å². The highest BCUT2D eigenvalue weighted by molar-refractivity contribution is 5.95. The first-order valence-electron chi connectivity index (χ1n) is 11.0. The van der Waals surface area contributed by atoms with E-state index in [2.05, 4.69) is 47.4 Å². The van der Waals surface area contributed by atoms with Gasteiger partial charge in [-0.15, -0.1) is 0 Å². The number of aromatic nitrogens is 2. The number of rotatable bonds is 4. The lowest BCUT2D eigenvalue weighted by atomic mass is 9.89. The van der Waals surface area contributed by atoms with Crippen LogP contribution in [-0.2, 0) is 11.8 Å². The van der Waals surface area contributed by atoms with Crippen molar-refractivity contribution in [1.82, 2.24) is 9.78 Å². The van der Waals surface area contributed by atoms with Crippen LogP contribution in [0.2, 0.25) is 0 Å². The smallest absolute Gasteiger partial charge is 0.226 e. The van der Waals surface area contributed by atoms with E-state index >= 15 is 0 Å². The second-order valence-corrected chi connectivity index (χ2v) is 8.10. The number of nitrogens with two attached hydrogens (primary N) is 1. The van der Waals surface area contributed by atoms with Crippen molar-refractivity contribution >= 4 is 17.3 Å². The van der Waals surface area contributed by atoms with Gasteiger partial charge in [-0.2, -0.15) is 5.10 Å². The van der Waals surface area contributed by atoms with Gasteiger partial charge < -0.3 is 16.0 Å². The lowest BCUT2D eigenvalue weighted by Gasteiger charge is -2.40. The van der Waals surface area contributed by atoms with E-state index in [1.807, 2.05) is 53.9 Å². The van der Waals surface area contributed by atoms with Crippen LogP contribution >= 0.6 is 0 Å². The number of anilines is 2. The monoisotopic (exact) mass is 427 g/mol. The van der Waals surface area contributed by atoms with Gasteiger partial charge in [0.2, 0.25) is 5.91 Å². The number of nitrogens with zero attached hydrogens (tertiary/aromatic N) is 3. The zero-order valence-corrected chi connectivity index (χ0v) is 18.8. The maximum absolute atomic E-state index is 12.8. The second-order valence-electron chi connectivity index (χ2n) is 8.10. The van der Waals surface area contributed by atoms with Crippen molar-refractivity contribution in [2.45, 2.75) is 38.8 Å². The first kappa shape index (κ1) is 21.7. The predicted molar refractivity (Wildman–Crippen MR) is 129 cm³/mol. The zero-order valence-electron chi connectivity index (χ0n) is 18.8. The Kier molecular flexibility index (Phi) is 6.29. The van der Waals surface area contributed by atoms with Gasteiger partial charge in [0.25, 0.3) is 0 Å². The highest BCUT2D eigenvalue weighted by Crippen LogP contribution is 2.41. The Labute approximate surface area is 189 Å². The van der Waals surface area contributed by atoms with Gasteiger partial charge in [-0.3, -0.25) is 9.48 Å². The van der Waals surface area contributed by atoms with Crippen LogP contribution in [0.1, 0.15) is 43.9 Å². The molecule has 0 bridgehead atoms. The molecule has 2 aromatic carbocycles. The summed E-state index contributed by atoms with van der Waals surface area (Å²) in [4.78, 5) is 14.7. The van der Waals surface area contributed by atoms with Crippen LogP contribution < -0.4 is 16.0 Å². The van der Waals surface area contributed by atoms with Crippen molar-refractivity contribution in [1.29, 1.82) is 0 Å². The number of hydrogen-bond acceptors (Lipinski definition) is 4. The van der Waals surface area contributed by atoms with E-state index in [4.69, 9.17) is 5.73 Å². The van der Waals surface area contributed by atoms with Crippen molar-refractivity contribution in [2.75, 3.05) is 16.8 Å². The van der Waals surface area contributed by atoms with Gasteiger partial charge in [-0.25, -0.2) is 0 Å². The molecule has 4 rings (SSSR count). The first-order valence-corrected chi connectivity index (χ1v) is 11.0. The molecule has 164 valence electrons. The third kappa shape index (κ3) is 4.25. The molecule has 1 aliphatic rings. The Hall–Kier alpha value is -3.56. The normalized spacial score (nSPS) is 17.3. The van der Waals surface area contributed by atoms with Crippen LogP contribution in [0, 0.1) is 11.8 Å². The SMILES string of the molecule is CCC(=O)N1c2ccc(-c3ccnn3C)cc2[C@H](Nc2ccc(C#CCN)cc2)C[C@@H]1C. The van der Waals surface area contributed by atoms with Crippen molar-refractivity contribution < 1.29 is 4.79 Å². The third-order valence-corrected chi connectivity index (χ3v) is 5.93. The summed E-state index contributed by atoms with van der Waals surface area (Å²) in [5.41, 5.74) is 11.7. The van der Waals surface area contributed by atoms with Crippen molar-refractivity contribution in [2.24, 2.45) is 12.8 Å². The molecule has 3 aromatic rings. The second kappa shape index (κ2) is 9.29. The number of nitrogens with one attached hydrogen (secondary N) is 1. The van der Waals surface area contributed by atoms with Crippen molar-refractivity contribution in [3.63, 3.8) is 0 Å². The fraction of sp³-hybridized carbons (Fsp3) is 0.308. The summed E-state index contributed by atoms with van der Waals surface area (Å²) in [6.07, 6.45) is 3.10. The average molecular weight is 428 g/mol. The predicted octanol–water partition coefficient (Wildman–Crippen LogP) is 4.09. The lowest BCUT2D eigenvalue weighted by Crippen LogP contribution is -2.44. The average Bonchev–Trinajstić information content (AvgIpc) is 3.24. The van der Waals surface area contributed by atoms with Gasteiger partial charge in [0.15, 0.2) is 0 Å². The summed E-state index contributed by atoms with van der Waals surface area (Å²) in [6.45, 7) is 4.38. The molecule has 2 heterocycles. The molecule has 0 saturated carbocycles. The summed E-state index contributed by atoms with van der Waals surface area (Å²) in [6, 6.07) is 16.6. The van der Waals surface area contributed by atoms with Crippen molar-refractivity contribution in [3.8, 4) is 23.1 Å². The Morgan fingerprint density at radius 3 is 2.66 bits per heavy atom. The summed E-state index contributed by atoms with van der Waals surface area (Å²) < 4.78 is 1.87. The maximum Gasteiger partial charge on any atom is 0.226 e. The molecule has 1 amide bonds. The topological polar surface area (TPSA) is 76.2 Å². The molecule has 3 N–H and O–H groups in total. The standard InChI is InChI=1S/C26H29N5O/c1-4-26(32)31-18(2)16-23(29-21-10-7-19(8-11-21)6-5-14-27)22-17-20(9-12-25(22)31)24-13-15-28-30(24)3/h7-13,15,17-18,23,29H,4,14,16,27H2,1-3H3/t18-,23+/m0/s1. The fourth-order valence-electron chi connectivity index (χ4n) is 4.37. The van der Waals surface area contributed by atoms with E-state index in [0.29, 0.717) is 13.0 Å². The Morgan fingerprint density at radius 2 is 2.00 bits per heavy atom. The fourth-order valence-corrected chi connectivity index (χ4v) is 4.37. The third-order valence-electron chi connectivity index (χ3n) is 5.93. The molecule has 0 aliphatic carbocycles. The van der Waals surface area contributed by atoms with Crippen LogP contribution in [0.4, 0.5) is 11.4 Å².